The van der Waals surface area contributed by atoms with Gasteiger partial charge in [-0.15, -0.1) is 0 Å². The summed E-state index contributed by atoms with van der Waals surface area (Å²) in [5, 5.41) is 0. The molecule has 0 spiro atoms. The van der Waals surface area contributed by atoms with Crippen LogP contribution in [0.4, 0.5) is 14.5 Å². The Morgan fingerprint density at radius 3 is 2.15 bits per heavy atom. The zero-order chi connectivity index (χ0) is 14.5. The molecule has 0 heterocycles. The van der Waals surface area contributed by atoms with E-state index >= 15 is 0 Å². The second-order valence-electron chi connectivity index (χ2n) is 5.56. The molecule has 4 nitrogen and oxygen atoms in total. The fourth-order valence-electron chi connectivity index (χ4n) is 2.30. The number of hydrogen-bond donors (Lipinski definition) is 1. The summed E-state index contributed by atoms with van der Waals surface area (Å²) < 4.78 is 54.1. The third-order valence-electron chi connectivity index (χ3n) is 3.68. The van der Waals surface area contributed by atoms with Crippen LogP contribution in [0, 0.1) is 17.6 Å². The number of hydrogen-bond acceptors (Lipinski definition) is 3. The second-order valence-corrected chi connectivity index (χ2v) is 7.39. The first kappa shape index (κ1) is 13.8. The average molecular weight is 302 g/mol. The smallest absolute Gasteiger partial charge is 0.249 e. The summed E-state index contributed by atoms with van der Waals surface area (Å²) >= 11 is 0. The fraction of sp³-hybridized carbons (Fsp3) is 0.538. The molecule has 0 bridgehead atoms. The van der Waals surface area contributed by atoms with E-state index in [4.69, 9.17) is 5.73 Å². The molecule has 7 heteroatoms. The second kappa shape index (κ2) is 4.66. The standard InChI is InChI=1S/C13H16F2N2O2S/c14-11-5-9(16)6-12(15)13(11)20(18,19)17(10-3-4-10)7-8-1-2-8/h5-6,8,10H,1-4,7,16H2. The zero-order valence-corrected chi connectivity index (χ0v) is 11.7. The monoisotopic (exact) mass is 302 g/mol. The molecule has 1 aromatic carbocycles. The van der Waals surface area contributed by atoms with Gasteiger partial charge in [0.25, 0.3) is 0 Å². The van der Waals surface area contributed by atoms with Crippen LogP contribution in [0.15, 0.2) is 17.0 Å². The zero-order valence-electron chi connectivity index (χ0n) is 10.9. The van der Waals surface area contributed by atoms with Crippen molar-refractivity contribution in [2.75, 3.05) is 12.3 Å². The van der Waals surface area contributed by atoms with Gasteiger partial charge in [-0.05, 0) is 43.7 Å². The van der Waals surface area contributed by atoms with E-state index in [1.54, 1.807) is 0 Å². The van der Waals surface area contributed by atoms with E-state index in [1.807, 2.05) is 0 Å². The largest absolute Gasteiger partial charge is 0.399 e. The van der Waals surface area contributed by atoms with Gasteiger partial charge in [0.1, 0.15) is 11.6 Å². The van der Waals surface area contributed by atoms with Gasteiger partial charge in [-0.1, -0.05) is 0 Å². The predicted molar refractivity (Wildman–Crippen MR) is 70.4 cm³/mol. The Morgan fingerprint density at radius 2 is 1.70 bits per heavy atom. The summed E-state index contributed by atoms with van der Waals surface area (Å²) in [5.74, 6) is -1.92. The van der Waals surface area contributed by atoms with Gasteiger partial charge >= 0.3 is 0 Å². The van der Waals surface area contributed by atoms with Crippen LogP contribution in [0.3, 0.4) is 0 Å². The molecule has 2 aliphatic carbocycles. The first-order valence-electron chi connectivity index (χ1n) is 6.66. The quantitative estimate of drug-likeness (QED) is 0.847. The van der Waals surface area contributed by atoms with Gasteiger partial charge in [-0.3, -0.25) is 0 Å². The molecule has 2 aliphatic rings. The Labute approximate surface area is 116 Å². The third kappa shape index (κ3) is 2.52. The summed E-state index contributed by atoms with van der Waals surface area (Å²) in [6, 6.07) is 1.58. The van der Waals surface area contributed by atoms with Gasteiger partial charge in [-0.25, -0.2) is 17.2 Å². The summed E-state index contributed by atoms with van der Waals surface area (Å²) in [6.45, 7) is 0.357. The summed E-state index contributed by atoms with van der Waals surface area (Å²) in [5.41, 5.74) is 5.20. The molecule has 2 fully saturated rings. The Bertz CT molecular complexity index is 617. The number of nitrogen functional groups attached to an aromatic ring is 1. The lowest BCUT2D eigenvalue weighted by Crippen LogP contribution is -2.36. The molecule has 0 saturated heterocycles. The lowest BCUT2D eigenvalue weighted by molar-refractivity contribution is 0.382. The van der Waals surface area contributed by atoms with Gasteiger partial charge in [0.2, 0.25) is 10.0 Å². The van der Waals surface area contributed by atoms with Gasteiger partial charge in [0.15, 0.2) is 4.90 Å². The first-order chi connectivity index (χ1) is 9.39. The maximum Gasteiger partial charge on any atom is 0.249 e. The number of nitrogens with two attached hydrogens (primary N) is 1. The van der Waals surface area contributed by atoms with Gasteiger partial charge in [0.05, 0.1) is 0 Å². The summed E-state index contributed by atoms with van der Waals surface area (Å²) in [6.07, 6.45) is 3.46. The van der Waals surface area contributed by atoms with E-state index < -0.39 is 26.6 Å². The highest BCUT2D eigenvalue weighted by molar-refractivity contribution is 7.89. The molecule has 0 aromatic heterocycles. The van der Waals surface area contributed by atoms with Crippen molar-refractivity contribution < 1.29 is 17.2 Å². The lowest BCUT2D eigenvalue weighted by atomic mass is 10.3. The van der Waals surface area contributed by atoms with Crippen LogP contribution in [0.1, 0.15) is 25.7 Å². The Morgan fingerprint density at radius 1 is 1.15 bits per heavy atom. The number of anilines is 1. The van der Waals surface area contributed by atoms with Crippen LogP contribution in [-0.4, -0.2) is 25.3 Å². The van der Waals surface area contributed by atoms with E-state index in [0.29, 0.717) is 12.5 Å². The Kier molecular flexibility index (Phi) is 3.21. The summed E-state index contributed by atoms with van der Waals surface area (Å²) in [7, 11) is -4.14. The highest BCUT2D eigenvalue weighted by atomic mass is 32.2. The molecule has 2 N–H and O–H groups in total. The van der Waals surface area contributed by atoms with Crippen molar-refractivity contribution in [3.05, 3.63) is 23.8 Å². The molecule has 110 valence electrons. The third-order valence-corrected chi connectivity index (χ3v) is 5.65. The normalized spacial score (nSPS) is 19.6. The van der Waals surface area contributed by atoms with Crippen LogP contribution in [0.2, 0.25) is 0 Å². The average Bonchev–Trinajstić information content (AvgIpc) is 3.18. The first-order valence-corrected chi connectivity index (χ1v) is 8.10. The summed E-state index contributed by atoms with van der Waals surface area (Å²) in [4.78, 5) is -0.876. The van der Waals surface area contributed by atoms with Crippen molar-refractivity contribution in [2.24, 2.45) is 5.92 Å². The van der Waals surface area contributed by atoms with E-state index in [0.717, 1.165) is 37.8 Å². The molecule has 20 heavy (non-hydrogen) atoms. The number of halogens is 2. The van der Waals surface area contributed by atoms with Crippen molar-refractivity contribution in [3.63, 3.8) is 0 Å². The molecular formula is C13H16F2N2O2S. The highest BCUT2D eigenvalue weighted by Crippen LogP contribution is 2.39. The maximum atomic E-state index is 13.9. The minimum atomic E-state index is -4.14. The molecular weight excluding hydrogens is 286 g/mol. The van der Waals surface area contributed by atoms with Crippen LogP contribution in [0.5, 0.6) is 0 Å². The van der Waals surface area contributed by atoms with Crippen LogP contribution in [0.25, 0.3) is 0 Å². The van der Waals surface area contributed by atoms with E-state index in [1.165, 1.54) is 4.31 Å². The van der Waals surface area contributed by atoms with Crippen LogP contribution in [-0.2, 0) is 10.0 Å². The highest BCUT2D eigenvalue weighted by Gasteiger charge is 2.43. The number of sulfonamides is 1. The van der Waals surface area contributed by atoms with E-state index in [9.17, 15) is 17.2 Å². The molecule has 1 aromatic rings. The minimum Gasteiger partial charge on any atom is -0.399 e. The molecule has 2 saturated carbocycles. The molecule has 0 unspecified atom stereocenters. The van der Waals surface area contributed by atoms with E-state index in [-0.39, 0.29) is 11.7 Å². The Hall–Kier alpha value is -1.21. The maximum absolute atomic E-state index is 13.9. The topological polar surface area (TPSA) is 63.4 Å². The van der Waals surface area contributed by atoms with E-state index in [2.05, 4.69) is 0 Å². The van der Waals surface area contributed by atoms with Crippen LogP contribution >= 0.6 is 0 Å². The van der Waals surface area contributed by atoms with Crippen molar-refractivity contribution >= 4 is 15.7 Å². The van der Waals surface area contributed by atoms with Gasteiger partial charge in [0, 0.05) is 18.3 Å². The minimum absolute atomic E-state index is 0.114. The fourth-order valence-corrected chi connectivity index (χ4v) is 4.16. The number of nitrogens with zero attached hydrogens (tertiary/aromatic N) is 1. The van der Waals surface area contributed by atoms with Gasteiger partial charge in [-0.2, -0.15) is 4.31 Å². The number of benzene rings is 1. The van der Waals surface area contributed by atoms with Crippen LogP contribution < -0.4 is 5.73 Å². The predicted octanol–water partition coefficient (Wildman–Crippen LogP) is 2.11. The van der Waals surface area contributed by atoms with Crippen molar-refractivity contribution in [1.82, 2.24) is 4.31 Å². The molecule has 0 radical (unpaired) electrons. The SMILES string of the molecule is Nc1cc(F)c(S(=O)(=O)N(CC2CC2)C2CC2)c(F)c1. The van der Waals surface area contributed by atoms with Gasteiger partial charge < -0.3 is 5.73 Å². The molecule has 0 atom stereocenters. The van der Waals surface area contributed by atoms with Crippen molar-refractivity contribution in [1.29, 1.82) is 0 Å². The van der Waals surface area contributed by atoms with Crippen molar-refractivity contribution in [3.8, 4) is 0 Å². The lowest BCUT2D eigenvalue weighted by Gasteiger charge is -2.22. The molecule has 3 rings (SSSR count). The molecule has 0 amide bonds. The molecule has 0 aliphatic heterocycles. The van der Waals surface area contributed by atoms with Crippen molar-refractivity contribution in [2.45, 2.75) is 36.6 Å². The Balaban J connectivity index is 2.01. The number of rotatable bonds is 5.